The Balaban J connectivity index is 1.61. The number of hydrogen-bond acceptors (Lipinski definition) is 6. The van der Waals surface area contributed by atoms with E-state index in [-0.39, 0.29) is 23.8 Å². The predicted molar refractivity (Wildman–Crippen MR) is 130 cm³/mol. The Labute approximate surface area is 193 Å². The molecule has 170 valence electrons. The highest BCUT2D eigenvalue weighted by Crippen LogP contribution is 2.34. The van der Waals surface area contributed by atoms with Crippen LogP contribution in [0.3, 0.4) is 0 Å². The second kappa shape index (κ2) is 9.51. The van der Waals surface area contributed by atoms with E-state index in [0.717, 1.165) is 17.2 Å². The van der Waals surface area contributed by atoms with Gasteiger partial charge in [0.05, 0.1) is 11.1 Å². The zero-order valence-electron chi connectivity index (χ0n) is 18.9. The number of benzene rings is 2. The fourth-order valence-corrected chi connectivity index (χ4v) is 4.15. The third-order valence-corrected chi connectivity index (χ3v) is 6.90. The summed E-state index contributed by atoms with van der Waals surface area (Å²) in [5.41, 5.74) is 2.72. The predicted octanol–water partition coefficient (Wildman–Crippen LogP) is 6.11. The number of rotatable bonds is 9. The van der Waals surface area contributed by atoms with Gasteiger partial charge < -0.3 is 14.0 Å². The monoisotopic (exact) mass is 462 g/mol. The Morgan fingerprint density at radius 2 is 1.70 bits per heavy atom. The van der Waals surface area contributed by atoms with E-state index in [1.54, 1.807) is 4.57 Å². The lowest BCUT2D eigenvalue weighted by molar-refractivity contribution is -0.383. The molecule has 0 amide bonds. The van der Waals surface area contributed by atoms with E-state index in [0.29, 0.717) is 17.9 Å². The van der Waals surface area contributed by atoms with Gasteiger partial charge in [-0.2, -0.15) is 4.98 Å². The summed E-state index contributed by atoms with van der Waals surface area (Å²) in [6.45, 7) is 7.57. The number of ether oxygens (including phenoxy) is 2. The second-order valence-electron chi connectivity index (χ2n) is 8.96. The van der Waals surface area contributed by atoms with Gasteiger partial charge in [-0.05, 0) is 29.3 Å². The number of nitro groups is 1. The molecule has 33 heavy (non-hydrogen) atoms. The largest absolute Gasteiger partial charge is 0.437 e. The number of fused-ring (bicyclic) bond motifs is 1. The van der Waals surface area contributed by atoms with E-state index in [4.69, 9.17) is 9.47 Å². The van der Waals surface area contributed by atoms with Crippen LogP contribution < -0.4 is 4.74 Å². The van der Waals surface area contributed by atoms with E-state index in [1.807, 2.05) is 54.6 Å². The number of nitrogens with zero attached hydrogens (tertiary/aromatic N) is 4. The van der Waals surface area contributed by atoms with Crippen LogP contribution in [0, 0.1) is 10.1 Å². The van der Waals surface area contributed by atoms with Crippen molar-refractivity contribution in [2.24, 2.45) is 0 Å². The average molecular weight is 463 g/mol. The third-order valence-electron chi connectivity index (χ3n) is 5.20. The van der Waals surface area contributed by atoms with Crippen LogP contribution in [0.5, 0.6) is 11.6 Å². The molecule has 2 heterocycles. The Hall–Kier alpha value is -3.56. The lowest BCUT2D eigenvalue weighted by Crippen LogP contribution is -2.22. The van der Waals surface area contributed by atoms with Gasteiger partial charge in [0.2, 0.25) is 5.88 Å². The van der Waals surface area contributed by atoms with Gasteiger partial charge >= 0.3 is 5.69 Å². The first-order chi connectivity index (χ1) is 15.8. The first-order valence-electron chi connectivity index (χ1n) is 10.7. The minimum atomic E-state index is -1.24. The molecule has 0 radical (unpaired) electrons. The first-order valence-corrected chi connectivity index (χ1v) is 14.4. The van der Waals surface area contributed by atoms with Gasteiger partial charge in [0.15, 0.2) is 5.52 Å². The molecule has 0 saturated heterocycles. The standard InChI is InChI=1S/C24H26N4O4Si/c1-33(2,3)14-13-31-17-27-15-21(28(29)30)22-23(27)24(26-16-25-22)32-20-11-9-19(10-12-20)18-7-5-4-6-8-18/h4-12,15-16H,13-14,17H2,1-3H3. The van der Waals surface area contributed by atoms with Crippen LogP contribution >= 0.6 is 0 Å². The fraction of sp³-hybridized carbons (Fsp3) is 0.250. The van der Waals surface area contributed by atoms with Crippen molar-refractivity contribution in [3.8, 4) is 22.8 Å². The molecule has 0 atom stereocenters. The molecule has 0 aliphatic carbocycles. The minimum Gasteiger partial charge on any atom is -0.437 e. The van der Waals surface area contributed by atoms with Gasteiger partial charge in [0.1, 0.15) is 24.3 Å². The topological polar surface area (TPSA) is 92.3 Å². The first kappa shape index (κ1) is 22.6. The van der Waals surface area contributed by atoms with Gasteiger partial charge in [-0.1, -0.05) is 62.1 Å². The highest BCUT2D eigenvalue weighted by atomic mass is 28.3. The van der Waals surface area contributed by atoms with E-state index in [9.17, 15) is 10.1 Å². The summed E-state index contributed by atoms with van der Waals surface area (Å²) in [6.07, 6.45) is 2.71. The van der Waals surface area contributed by atoms with Crippen LogP contribution in [0.1, 0.15) is 0 Å². The summed E-state index contributed by atoms with van der Waals surface area (Å²) in [6, 6.07) is 18.7. The van der Waals surface area contributed by atoms with E-state index in [2.05, 4.69) is 29.6 Å². The SMILES string of the molecule is C[Si](C)(C)CCOCn1cc([N+](=O)[O-])c2ncnc(Oc3ccc(-c4ccccc4)cc3)c21. The molecule has 2 aromatic carbocycles. The van der Waals surface area contributed by atoms with Crippen molar-refractivity contribution >= 4 is 24.8 Å². The maximum Gasteiger partial charge on any atom is 0.313 e. The van der Waals surface area contributed by atoms with Crippen molar-refractivity contribution < 1.29 is 14.4 Å². The van der Waals surface area contributed by atoms with Crippen molar-refractivity contribution in [2.45, 2.75) is 32.4 Å². The molecular formula is C24H26N4O4Si. The van der Waals surface area contributed by atoms with Gasteiger partial charge in [-0.3, -0.25) is 10.1 Å². The molecule has 0 N–H and O–H groups in total. The van der Waals surface area contributed by atoms with Crippen LogP contribution in [0.4, 0.5) is 5.69 Å². The molecular weight excluding hydrogens is 436 g/mol. The molecule has 0 bridgehead atoms. The van der Waals surface area contributed by atoms with Crippen molar-refractivity contribution in [1.29, 1.82) is 0 Å². The highest BCUT2D eigenvalue weighted by molar-refractivity contribution is 6.76. The Bertz CT molecular complexity index is 1250. The van der Waals surface area contributed by atoms with Crippen molar-refractivity contribution in [1.82, 2.24) is 14.5 Å². The number of hydrogen-bond donors (Lipinski definition) is 0. The lowest BCUT2D eigenvalue weighted by atomic mass is 10.1. The van der Waals surface area contributed by atoms with Crippen molar-refractivity contribution in [2.75, 3.05) is 6.61 Å². The molecule has 8 nitrogen and oxygen atoms in total. The zero-order valence-corrected chi connectivity index (χ0v) is 19.9. The van der Waals surface area contributed by atoms with E-state index in [1.165, 1.54) is 12.5 Å². The van der Waals surface area contributed by atoms with Crippen molar-refractivity contribution in [3.05, 3.63) is 77.2 Å². The fourth-order valence-electron chi connectivity index (χ4n) is 3.39. The lowest BCUT2D eigenvalue weighted by Gasteiger charge is -2.16. The second-order valence-corrected chi connectivity index (χ2v) is 14.6. The van der Waals surface area contributed by atoms with Crippen LogP contribution in [-0.4, -0.2) is 34.1 Å². The molecule has 0 unspecified atom stereocenters. The summed E-state index contributed by atoms with van der Waals surface area (Å²) >= 11 is 0. The molecule has 0 saturated carbocycles. The summed E-state index contributed by atoms with van der Waals surface area (Å²) in [5.74, 6) is 0.819. The smallest absolute Gasteiger partial charge is 0.313 e. The molecule has 0 spiro atoms. The van der Waals surface area contributed by atoms with Gasteiger partial charge in [-0.15, -0.1) is 0 Å². The summed E-state index contributed by atoms with van der Waals surface area (Å²) < 4.78 is 13.5. The molecule has 0 fully saturated rings. The minimum absolute atomic E-state index is 0.106. The molecule has 4 aromatic rings. The van der Waals surface area contributed by atoms with Crippen molar-refractivity contribution in [3.63, 3.8) is 0 Å². The Morgan fingerprint density at radius 1 is 1.00 bits per heavy atom. The summed E-state index contributed by atoms with van der Waals surface area (Å²) in [7, 11) is -1.24. The average Bonchev–Trinajstić information content (AvgIpc) is 3.17. The molecule has 4 rings (SSSR count). The van der Waals surface area contributed by atoms with Gasteiger partial charge in [0.25, 0.3) is 0 Å². The Kier molecular flexibility index (Phi) is 6.52. The maximum absolute atomic E-state index is 11.6. The van der Waals surface area contributed by atoms with Gasteiger partial charge in [0, 0.05) is 14.7 Å². The van der Waals surface area contributed by atoms with E-state index >= 15 is 0 Å². The summed E-state index contributed by atoms with van der Waals surface area (Å²) in [5, 5.41) is 11.6. The van der Waals surface area contributed by atoms with Crippen LogP contribution in [0.15, 0.2) is 67.1 Å². The molecule has 2 aromatic heterocycles. The molecule has 0 aliphatic rings. The number of aromatic nitrogens is 3. The van der Waals surface area contributed by atoms with E-state index < -0.39 is 13.0 Å². The Morgan fingerprint density at radius 3 is 2.36 bits per heavy atom. The normalized spacial score (nSPS) is 11.6. The zero-order chi connectivity index (χ0) is 23.4. The van der Waals surface area contributed by atoms with Crippen LogP contribution in [0.2, 0.25) is 25.7 Å². The van der Waals surface area contributed by atoms with Crippen LogP contribution in [0.25, 0.3) is 22.2 Å². The quantitative estimate of drug-likeness (QED) is 0.129. The maximum atomic E-state index is 11.6. The van der Waals surface area contributed by atoms with Gasteiger partial charge in [-0.25, -0.2) is 4.98 Å². The molecule has 0 aliphatic heterocycles. The summed E-state index contributed by atoms with van der Waals surface area (Å²) in [4.78, 5) is 19.5. The molecule has 9 heteroatoms. The highest BCUT2D eigenvalue weighted by Gasteiger charge is 2.23. The third kappa shape index (κ3) is 5.44. The van der Waals surface area contributed by atoms with Crippen LogP contribution in [-0.2, 0) is 11.5 Å².